The summed E-state index contributed by atoms with van der Waals surface area (Å²) < 4.78 is 36.0. The Morgan fingerprint density at radius 2 is 1.94 bits per heavy atom. The Morgan fingerprint density at radius 1 is 1.22 bits per heavy atom. The summed E-state index contributed by atoms with van der Waals surface area (Å²) >= 11 is 6.10. The summed E-state index contributed by atoms with van der Waals surface area (Å²) in [6, 6.07) is 5.71. The van der Waals surface area contributed by atoms with Crippen molar-refractivity contribution in [1.82, 2.24) is 30.2 Å². The highest BCUT2D eigenvalue weighted by Crippen LogP contribution is 2.30. The minimum absolute atomic E-state index is 0. The molecule has 0 bridgehead atoms. The van der Waals surface area contributed by atoms with Crippen LogP contribution < -0.4 is 0 Å². The molecule has 0 aliphatic carbocycles. The Balaban J connectivity index is 0.00000361. The number of aromatic amines is 1. The van der Waals surface area contributed by atoms with E-state index in [9.17, 15) is 9.90 Å². The molecule has 0 aliphatic rings. The van der Waals surface area contributed by atoms with Crippen molar-refractivity contribution in [3.63, 3.8) is 0 Å². The van der Waals surface area contributed by atoms with Crippen LogP contribution in [0, 0.1) is 0 Å². The first-order valence-corrected chi connectivity index (χ1v) is 10.0. The Bertz CT molecular complexity index is 1380. The number of aryl methyl sites for hydroxylation is 1. The van der Waals surface area contributed by atoms with Crippen LogP contribution in [-0.4, -0.2) is 41.3 Å². The number of benzene rings is 2. The molecule has 2 aromatic carbocycles. The second-order valence-corrected chi connectivity index (χ2v) is 7.15. The number of carboxylic acid groups (broad SMARTS) is 1. The van der Waals surface area contributed by atoms with Crippen LogP contribution in [0.1, 0.15) is 47.1 Å². The number of hydrogen-bond donors (Lipinski definition) is 2. The summed E-state index contributed by atoms with van der Waals surface area (Å²) in [6.45, 7) is 1.77. The number of carboxylic acids is 1. The number of rotatable bonds is 8. The fraction of sp³-hybridized carbons (Fsp3) is 0.227. The molecule has 0 amide bonds. The zero-order valence-electron chi connectivity index (χ0n) is 21.0. The van der Waals surface area contributed by atoms with Crippen LogP contribution >= 0.6 is 24.0 Å². The van der Waals surface area contributed by atoms with E-state index < -0.39 is 5.97 Å². The fourth-order valence-electron chi connectivity index (χ4n) is 3.25. The summed E-state index contributed by atoms with van der Waals surface area (Å²) in [5.74, 6) is -0.620. The molecule has 32 heavy (non-hydrogen) atoms. The van der Waals surface area contributed by atoms with Crippen molar-refractivity contribution >= 4 is 30.0 Å². The SMILES string of the molecule is Cl.[2H]c1c([2H])c(-c2ccccc2-c2nn[nH]n2)c([2H])c([2H])c1Cn1c(CCCC)nc(Cl)c1C(=O)O. The molecule has 0 saturated heterocycles. The number of nitrogens with zero attached hydrogens (tertiary/aromatic N) is 5. The molecule has 0 spiro atoms. The number of hydrogen-bond acceptors (Lipinski definition) is 5. The second kappa shape index (κ2) is 10.4. The van der Waals surface area contributed by atoms with E-state index in [2.05, 4.69) is 25.6 Å². The van der Waals surface area contributed by atoms with Gasteiger partial charge in [0.05, 0.1) is 5.48 Å². The van der Waals surface area contributed by atoms with Crippen LogP contribution in [0.4, 0.5) is 0 Å². The van der Waals surface area contributed by atoms with E-state index in [1.807, 2.05) is 6.92 Å². The molecule has 2 N–H and O–H groups in total. The van der Waals surface area contributed by atoms with Gasteiger partial charge in [0.25, 0.3) is 0 Å². The molecule has 4 rings (SSSR count). The Hall–Kier alpha value is -3.23. The zero-order chi connectivity index (χ0) is 25.3. The summed E-state index contributed by atoms with van der Waals surface area (Å²) in [5, 5.41) is 23.4. The number of imidazole rings is 1. The van der Waals surface area contributed by atoms with Crippen LogP contribution in [0.5, 0.6) is 0 Å². The van der Waals surface area contributed by atoms with Crippen molar-refractivity contribution in [3.05, 3.63) is 70.7 Å². The number of halogens is 2. The predicted octanol–water partition coefficient (Wildman–Crippen LogP) is 4.89. The molecule has 0 atom stereocenters. The second-order valence-electron chi connectivity index (χ2n) is 6.80. The number of carbonyl (C=O) groups is 1. The minimum atomic E-state index is -1.29. The van der Waals surface area contributed by atoms with Crippen molar-refractivity contribution in [1.29, 1.82) is 0 Å². The van der Waals surface area contributed by atoms with E-state index in [1.165, 1.54) is 4.57 Å². The molecule has 0 unspecified atom stereocenters. The van der Waals surface area contributed by atoms with Crippen LogP contribution in [0.25, 0.3) is 22.5 Å². The molecule has 166 valence electrons. The van der Waals surface area contributed by atoms with Crippen LogP contribution in [0.15, 0.2) is 48.4 Å². The van der Waals surface area contributed by atoms with Crippen LogP contribution in [0.2, 0.25) is 5.15 Å². The highest BCUT2D eigenvalue weighted by molar-refractivity contribution is 6.32. The van der Waals surface area contributed by atoms with Gasteiger partial charge in [-0.2, -0.15) is 5.21 Å². The largest absolute Gasteiger partial charge is 0.476 e. The maximum Gasteiger partial charge on any atom is 0.355 e. The van der Waals surface area contributed by atoms with E-state index in [0.29, 0.717) is 23.4 Å². The Kier molecular flexibility index (Phi) is 5.96. The molecular formula is C22H22Cl2N6O2. The van der Waals surface area contributed by atoms with Gasteiger partial charge < -0.3 is 9.67 Å². The van der Waals surface area contributed by atoms with Gasteiger partial charge in [-0.1, -0.05) is 73.4 Å². The van der Waals surface area contributed by atoms with Gasteiger partial charge in [-0.25, -0.2) is 9.78 Å². The lowest BCUT2D eigenvalue weighted by molar-refractivity contribution is 0.0685. The molecule has 8 nitrogen and oxygen atoms in total. The molecule has 0 aliphatic heterocycles. The van der Waals surface area contributed by atoms with Gasteiger partial charge >= 0.3 is 5.97 Å². The topological polar surface area (TPSA) is 110 Å². The monoisotopic (exact) mass is 476 g/mol. The third-order valence-electron chi connectivity index (χ3n) is 4.74. The first-order valence-electron chi connectivity index (χ1n) is 11.7. The molecule has 0 saturated carbocycles. The lowest BCUT2D eigenvalue weighted by Gasteiger charge is -2.12. The fourth-order valence-corrected chi connectivity index (χ4v) is 3.53. The van der Waals surface area contributed by atoms with Crippen LogP contribution in [0.3, 0.4) is 0 Å². The van der Waals surface area contributed by atoms with E-state index in [-0.39, 0.29) is 70.9 Å². The smallest absolute Gasteiger partial charge is 0.355 e. The summed E-state index contributed by atoms with van der Waals surface area (Å²) in [5.41, 5.74) is 0.776. The van der Waals surface area contributed by atoms with Crippen molar-refractivity contribution in [2.45, 2.75) is 32.7 Å². The third kappa shape index (κ3) is 4.81. The maximum absolute atomic E-state index is 11.9. The number of H-pyrrole nitrogens is 1. The molecule has 10 heteroatoms. The van der Waals surface area contributed by atoms with Crippen molar-refractivity contribution < 1.29 is 15.4 Å². The van der Waals surface area contributed by atoms with E-state index in [0.717, 1.165) is 12.8 Å². The normalized spacial score (nSPS) is 12.4. The molecule has 2 aromatic heterocycles. The van der Waals surface area contributed by atoms with Gasteiger partial charge in [0.15, 0.2) is 10.8 Å². The highest BCUT2D eigenvalue weighted by atomic mass is 35.5. The minimum Gasteiger partial charge on any atom is -0.476 e. The molecule has 0 radical (unpaired) electrons. The Labute approximate surface area is 201 Å². The summed E-state index contributed by atoms with van der Waals surface area (Å²) in [7, 11) is 0. The first-order chi connectivity index (χ1) is 16.8. The number of aromatic nitrogens is 6. The standard InChI is InChI=1S/C22H21ClN6O2.ClH/c1-2-3-8-18-24-20(23)19(22(30)31)29(18)13-14-9-11-15(12-10-14)16-6-4-5-7-17(16)21-25-27-28-26-21;/h4-7,9-12H,2-3,8,13H2,1H3,(H,30,31)(H,25,26,27,28);1H/i9D,10D,11D,12D;. The molecular weight excluding hydrogens is 451 g/mol. The van der Waals surface area contributed by atoms with Crippen molar-refractivity contribution in [3.8, 4) is 22.5 Å². The van der Waals surface area contributed by atoms with Gasteiger partial charge in [-0.05, 0) is 28.3 Å². The molecule has 2 heterocycles. The quantitative estimate of drug-likeness (QED) is 0.374. The van der Waals surface area contributed by atoms with E-state index >= 15 is 0 Å². The van der Waals surface area contributed by atoms with E-state index in [1.54, 1.807) is 24.3 Å². The van der Waals surface area contributed by atoms with Gasteiger partial charge in [0.2, 0.25) is 5.82 Å². The predicted molar refractivity (Wildman–Crippen MR) is 124 cm³/mol. The average molecular weight is 477 g/mol. The maximum atomic E-state index is 11.9. The van der Waals surface area contributed by atoms with Crippen molar-refractivity contribution in [2.24, 2.45) is 0 Å². The molecule has 4 aromatic rings. The van der Waals surface area contributed by atoms with Crippen molar-refractivity contribution in [2.75, 3.05) is 0 Å². The number of nitrogens with one attached hydrogen (secondary N) is 1. The number of aromatic carboxylic acids is 1. The number of unbranched alkanes of at least 4 members (excludes halogenated alkanes) is 1. The first kappa shape index (κ1) is 18.4. The van der Waals surface area contributed by atoms with Gasteiger partial charge in [-0.15, -0.1) is 22.6 Å². The summed E-state index contributed by atoms with van der Waals surface area (Å²) in [4.78, 5) is 16.1. The van der Waals surface area contributed by atoms with Gasteiger partial charge in [0, 0.05) is 18.5 Å². The van der Waals surface area contributed by atoms with Gasteiger partial charge in [0.1, 0.15) is 5.82 Å². The average Bonchev–Trinajstić information content (AvgIpc) is 3.47. The Morgan fingerprint density at radius 3 is 2.56 bits per heavy atom. The highest BCUT2D eigenvalue weighted by Gasteiger charge is 2.21. The molecule has 0 fully saturated rings. The lowest BCUT2D eigenvalue weighted by Crippen LogP contribution is -2.13. The summed E-state index contributed by atoms with van der Waals surface area (Å²) in [6.07, 6.45) is 2.05. The van der Waals surface area contributed by atoms with Crippen LogP contribution in [-0.2, 0) is 13.0 Å². The third-order valence-corrected chi connectivity index (χ3v) is 5.00. The van der Waals surface area contributed by atoms with E-state index in [4.69, 9.17) is 17.1 Å². The zero-order valence-corrected chi connectivity index (χ0v) is 18.6. The van der Waals surface area contributed by atoms with Gasteiger partial charge in [-0.3, -0.25) is 0 Å². The lowest BCUT2D eigenvalue weighted by atomic mass is 9.98. The number of tetrazole rings is 1.